The van der Waals surface area contributed by atoms with E-state index in [4.69, 9.17) is 0 Å². The fourth-order valence-electron chi connectivity index (χ4n) is 0.455. The molecule has 0 unspecified atom stereocenters. The molecule has 0 saturated heterocycles. The second-order valence-corrected chi connectivity index (χ2v) is 1.49. The third-order valence-corrected chi connectivity index (χ3v) is 0.822. The second kappa shape index (κ2) is 1.75. The maximum Gasteiger partial charge on any atom is 0.494 e. The molecule has 50 valence electrons. The van der Waals surface area contributed by atoms with Crippen molar-refractivity contribution >= 4 is 0 Å². The molecule has 0 aliphatic heterocycles. The van der Waals surface area contributed by atoms with Crippen molar-refractivity contribution in [1.82, 2.24) is 4.98 Å². The maximum atomic E-state index is 11.6. The van der Waals surface area contributed by atoms with Crippen LogP contribution in [0.4, 0.5) is 13.2 Å². The Morgan fingerprint density at radius 1 is 1.44 bits per heavy atom. The molecule has 0 aromatic carbocycles. The first-order chi connectivity index (χ1) is 4.11. The molecule has 0 aliphatic carbocycles. The summed E-state index contributed by atoms with van der Waals surface area (Å²) in [5, 5.41) is 0. The van der Waals surface area contributed by atoms with E-state index in [2.05, 4.69) is 0 Å². The predicted molar refractivity (Wildman–Crippen MR) is 22.4 cm³/mol. The van der Waals surface area contributed by atoms with E-state index in [0.717, 1.165) is 0 Å². The van der Waals surface area contributed by atoms with Crippen molar-refractivity contribution in [2.75, 3.05) is 0 Å². The van der Waals surface area contributed by atoms with Crippen LogP contribution >= 0.6 is 0 Å². The number of hydrogen-bond donors (Lipinski definition) is 1. The summed E-state index contributed by atoms with van der Waals surface area (Å²) in [5.74, 6) is -0.831. The highest BCUT2D eigenvalue weighted by molar-refractivity contribution is 4.80. The van der Waals surface area contributed by atoms with Crippen LogP contribution in [0.1, 0.15) is 5.82 Å². The summed E-state index contributed by atoms with van der Waals surface area (Å²) in [6, 6.07) is 0. The van der Waals surface area contributed by atoms with Crippen LogP contribution < -0.4 is 4.98 Å². The molecule has 1 heterocycles. The van der Waals surface area contributed by atoms with Crippen LogP contribution in [0.25, 0.3) is 0 Å². The largest absolute Gasteiger partial charge is 0.494 e. The van der Waals surface area contributed by atoms with Crippen LogP contribution in [0, 0.1) is 0 Å². The summed E-state index contributed by atoms with van der Waals surface area (Å²) < 4.78 is 34.7. The molecular formula is C4H4F3N2+. The maximum absolute atomic E-state index is 11.6. The third-order valence-electron chi connectivity index (χ3n) is 0.822. The van der Waals surface area contributed by atoms with Crippen LogP contribution in [0.3, 0.4) is 0 Å². The monoisotopic (exact) mass is 137 g/mol. The number of aromatic nitrogens is 2. The number of H-pyrrole nitrogens is 2. The fourth-order valence-corrected chi connectivity index (χ4v) is 0.455. The molecule has 1 aromatic rings. The number of imidazole rings is 1. The normalized spacial score (nSPS) is 11.9. The van der Waals surface area contributed by atoms with Crippen molar-refractivity contribution in [3.05, 3.63) is 18.2 Å². The number of nitrogens with one attached hydrogen (secondary N) is 2. The van der Waals surface area contributed by atoms with Crippen molar-refractivity contribution in [2.24, 2.45) is 0 Å². The van der Waals surface area contributed by atoms with Gasteiger partial charge in [0.25, 0.3) is 0 Å². The average Bonchev–Trinajstić information content (AvgIpc) is 2.08. The van der Waals surface area contributed by atoms with Gasteiger partial charge in [-0.25, -0.2) is 9.97 Å². The van der Waals surface area contributed by atoms with Gasteiger partial charge >= 0.3 is 12.0 Å². The van der Waals surface area contributed by atoms with Crippen molar-refractivity contribution in [3.8, 4) is 0 Å². The van der Waals surface area contributed by atoms with Crippen LogP contribution in [-0.4, -0.2) is 4.98 Å². The lowest BCUT2D eigenvalue weighted by Crippen LogP contribution is -2.17. The highest BCUT2D eigenvalue weighted by atomic mass is 19.4. The van der Waals surface area contributed by atoms with E-state index < -0.39 is 12.0 Å². The Morgan fingerprint density at radius 2 is 2.11 bits per heavy atom. The van der Waals surface area contributed by atoms with Crippen molar-refractivity contribution in [3.63, 3.8) is 0 Å². The molecule has 1 rings (SSSR count). The Balaban J connectivity index is 2.90. The van der Waals surface area contributed by atoms with Gasteiger partial charge in [-0.2, -0.15) is 13.2 Å². The topological polar surface area (TPSA) is 29.9 Å². The molecule has 0 radical (unpaired) electrons. The molecule has 0 fully saturated rings. The van der Waals surface area contributed by atoms with Gasteiger partial charge in [-0.3, -0.25) is 0 Å². The van der Waals surface area contributed by atoms with E-state index in [1.165, 1.54) is 12.4 Å². The summed E-state index contributed by atoms with van der Waals surface area (Å²) in [4.78, 5) is 3.99. The molecule has 0 bridgehead atoms. The number of halogens is 3. The minimum absolute atomic E-state index is 0.831. The molecule has 9 heavy (non-hydrogen) atoms. The predicted octanol–water partition coefficient (Wildman–Crippen LogP) is 0.848. The van der Waals surface area contributed by atoms with Gasteiger partial charge in [-0.15, -0.1) is 0 Å². The summed E-state index contributed by atoms with van der Waals surface area (Å²) in [6.45, 7) is 0. The fraction of sp³-hybridized carbons (Fsp3) is 0.250. The van der Waals surface area contributed by atoms with E-state index in [9.17, 15) is 13.2 Å². The molecule has 2 N–H and O–H groups in total. The minimum Gasteiger partial charge on any atom is -0.240 e. The molecular weight excluding hydrogens is 133 g/mol. The number of alkyl halides is 3. The summed E-state index contributed by atoms with van der Waals surface area (Å²) >= 11 is 0. The van der Waals surface area contributed by atoms with E-state index in [0.29, 0.717) is 0 Å². The molecule has 0 amide bonds. The Morgan fingerprint density at radius 3 is 2.33 bits per heavy atom. The lowest BCUT2D eigenvalue weighted by molar-refractivity contribution is -0.424. The highest BCUT2D eigenvalue weighted by Crippen LogP contribution is 2.23. The first kappa shape index (κ1) is 6.12. The zero-order chi connectivity index (χ0) is 6.91. The Bertz CT molecular complexity index is 176. The summed E-state index contributed by atoms with van der Waals surface area (Å²) in [6.07, 6.45) is -1.92. The second-order valence-electron chi connectivity index (χ2n) is 1.49. The first-order valence-corrected chi connectivity index (χ1v) is 2.23. The summed E-state index contributed by atoms with van der Waals surface area (Å²) in [5.41, 5.74) is 0. The molecule has 5 heteroatoms. The molecule has 1 aromatic heterocycles. The molecule has 0 aliphatic rings. The minimum atomic E-state index is -4.29. The number of aromatic amines is 2. The quantitative estimate of drug-likeness (QED) is 0.549. The molecule has 0 atom stereocenters. The lowest BCUT2D eigenvalue weighted by atomic mass is 10.6. The van der Waals surface area contributed by atoms with E-state index in [1.54, 1.807) is 0 Å². The van der Waals surface area contributed by atoms with E-state index >= 15 is 0 Å². The standard InChI is InChI=1S/C4H3F3N2/c5-4(6,7)3-8-1-2-9-3/h1-2H,(H,8,9)/p+1. The average molecular weight is 137 g/mol. The van der Waals surface area contributed by atoms with Gasteiger partial charge in [0, 0.05) is 0 Å². The van der Waals surface area contributed by atoms with Gasteiger partial charge in [0.05, 0.1) is 0 Å². The smallest absolute Gasteiger partial charge is 0.240 e. The highest BCUT2D eigenvalue weighted by Gasteiger charge is 2.39. The van der Waals surface area contributed by atoms with Gasteiger partial charge in [0.1, 0.15) is 12.4 Å². The van der Waals surface area contributed by atoms with Crippen molar-refractivity contribution in [1.29, 1.82) is 0 Å². The third kappa shape index (κ3) is 1.22. The van der Waals surface area contributed by atoms with Crippen LogP contribution in [0.5, 0.6) is 0 Å². The van der Waals surface area contributed by atoms with Crippen molar-refractivity contribution in [2.45, 2.75) is 6.18 Å². The van der Waals surface area contributed by atoms with Crippen LogP contribution in [0.2, 0.25) is 0 Å². The zero-order valence-electron chi connectivity index (χ0n) is 4.29. The zero-order valence-corrected chi connectivity index (χ0v) is 4.29. The number of hydrogen-bond acceptors (Lipinski definition) is 0. The van der Waals surface area contributed by atoms with Gasteiger partial charge in [-0.05, 0) is 0 Å². The molecule has 0 saturated carbocycles. The van der Waals surface area contributed by atoms with Crippen LogP contribution in [0.15, 0.2) is 12.4 Å². The summed E-state index contributed by atoms with van der Waals surface area (Å²) in [7, 11) is 0. The van der Waals surface area contributed by atoms with Gasteiger partial charge in [-0.1, -0.05) is 0 Å². The van der Waals surface area contributed by atoms with Gasteiger partial charge in [0.15, 0.2) is 0 Å². The Labute approximate surface area is 48.7 Å². The van der Waals surface area contributed by atoms with Gasteiger partial charge < -0.3 is 0 Å². The van der Waals surface area contributed by atoms with Crippen LogP contribution in [-0.2, 0) is 6.18 Å². The van der Waals surface area contributed by atoms with Gasteiger partial charge in [0.2, 0.25) is 0 Å². The first-order valence-electron chi connectivity index (χ1n) is 2.23. The Kier molecular flexibility index (Phi) is 1.19. The number of rotatable bonds is 0. The van der Waals surface area contributed by atoms with E-state index in [-0.39, 0.29) is 0 Å². The van der Waals surface area contributed by atoms with Crippen molar-refractivity contribution < 1.29 is 18.2 Å². The Hall–Kier alpha value is -1.00. The lowest BCUT2D eigenvalue weighted by Gasteiger charge is -1.93. The molecule has 2 nitrogen and oxygen atoms in total. The van der Waals surface area contributed by atoms with E-state index in [1.807, 2.05) is 9.97 Å². The SMILES string of the molecule is FC(F)(F)c1[nH]cc[nH+]1. The molecule has 0 spiro atoms.